The predicted octanol–water partition coefficient (Wildman–Crippen LogP) is 2.13. The molecule has 0 unspecified atom stereocenters. The van der Waals surface area contributed by atoms with Crippen LogP contribution in [-0.2, 0) is 6.42 Å². The van der Waals surface area contributed by atoms with Gasteiger partial charge in [0.2, 0.25) is 0 Å². The number of thioether (sulfide) groups is 1. The molecular formula is C11H15N3S. The van der Waals surface area contributed by atoms with Gasteiger partial charge in [-0.05, 0) is 31.1 Å². The van der Waals surface area contributed by atoms with Gasteiger partial charge in [0.1, 0.15) is 11.5 Å². The van der Waals surface area contributed by atoms with Gasteiger partial charge in [-0.1, -0.05) is 6.07 Å². The summed E-state index contributed by atoms with van der Waals surface area (Å²) in [7, 11) is 0. The number of nitrogen functional groups attached to an aromatic ring is 1. The number of rotatable bonds is 3. The summed E-state index contributed by atoms with van der Waals surface area (Å²) in [5, 5.41) is 0. The Morgan fingerprint density at radius 3 is 2.93 bits per heavy atom. The quantitative estimate of drug-likeness (QED) is 0.863. The van der Waals surface area contributed by atoms with Crippen LogP contribution in [0.5, 0.6) is 0 Å². The normalized spacial score (nSPS) is 11.1. The molecule has 0 atom stereocenters. The van der Waals surface area contributed by atoms with Crippen LogP contribution in [0, 0.1) is 6.92 Å². The van der Waals surface area contributed by atoms with Gasteiger partial charge in [0, 0.05) is 12.1 Å². The average molecular weight is 221 g/mol. The third kappa shape index (κ3) is 1.81. The SMILES string of the molecule is CSCCc1nc2cccc(C)n2c1N. The van der Waals surface area contributed by atoms with Crippen LogP contribution < -0.4 is 5.73 Å². The summed E-state index contributed by atoms with van der Waals surface area (Å²) in [6.07, 6.45) is 3.03. The van der Waals surface area contributed by atoms with E-state index in [-0.39, 0.29) is 0 Å². The van der Waals surface area contributed by atoms with Gasteiger partial charge in [-0.15, -0.1) is 0 Å². The van der Waals surface area contributed by atoms with Gasteiger partial charge < -0.3 is 5.73 Å². The van der Waals surface area contributed by atoms with Gasteiger partial charge in [0.05, 0.1) is 5.69 Å². The van der Waals surface area contributed by atoms with Gasteiger partial charge in [0.25, 0.3) is 0 Å². The van der Waals surface area contributed by atoms with Gasteiger partial charge >= 0.3 is 0 Å². The lowest BCUT2D eigenvalue weighted by molar-refractivity contribution is 1.08. The zero-order valence-electron chi connectivity index (χ0n) is 9.03. The van der Waals surface area contributed by atoms with E-state index in [2.05, 4.69) is 11.2 Å². The second-order valence-electron chi connectivity index (χ2n) is 3.55. The summed E-state index contributed by atoms with van der Waals surface area (Å²) in [5.41, 5.74) is 9.16. The number of hydrogen-bond donors (Lipinski definition) is 1. The number of nitrogens with two attached hydrogens (primary N) is 1. The maximum atomic E-state index is 6.07. The maximum Gasteiger partial charge on any atom is 0.138 e. The molecule has 4 heteroatoms. The minimum absolute atomic E-state index is 0.789. The lowest BCUT2D eigenvalue weighted by atomic mass is 10.3. The van der Waals surface area contributed by atoms with E-state index in [4.69, 9.17) is 5.73 Å². The highest BCUT2D eigenvalue weighted by Gasteiger charge is 2.09. The van der Waals surface area contributed by atoms with Crippen molar-refractivity contribution in [3.63, 3.8) is 0 Å². The Morgan fingerprint density at radius 2 is 2.27 bits per heavy atom. The van der Waals surface area contributed by atoms with E-state index in [0.29, 0.717) is 0 Å². The van der Waals surface area contributed by atoms with E-state index >= 15 is 0 Å². The van der Waals surface area contributed by atoms with Gasteiger partial charge in [0.15, 0.2) is 0 Å². The van der Waals surface area contributed by atoms with Crippen LogP contribution in [0.25, 0.3) is 5.65 Å². The minimum atomic E-state index is 0.789. The summed E-state index contributed by atoms with van der Waals surface area (Å²) in [5.74, 6) is 1.85. The number of imidazole rings is 1. The molecule has 0 fully saturated rings. The summed E-state index contributed by atoms with van der Waals surface area (Å²) in [6, 6.07) is 6.05. The molecule has 0 aliphatic rings. The fourth-order valence-corrected chi connectivity index (χ4v) is 2.11. The van der Waals surface area contributed by atoms with E-state index in [0.717, 1.165) is 35.0 Å². The molecule has 15 heavy (non-hydrogen) atoms. The Labute approximate surface area is 93.7 Å². The molecule has 80 valence electrons. The van der Waals surface area contributed by atoms with E-state index in [1.165, 1.54) is 0 Å². The molecule has 0 amide bonds. The molecule has 2 N–H and O–H groups in total. The van der Waals surface area contributed by atoms with Gasteiger partial charge in [-0.2, -0.15) is 11.8 Å². The fourth-order valence-electron chi connectivity index (χ4n) is 1.71. The predicted molar refractivity (Wildman–Crippen MR) is 66.4 cm³/mol. The highest BCUT2D eigenvalue weighted by atomic mass is 32.2. The van der Waals surface area contributed by atoms with Gasteiger partial charge in [-0.25, -0.2) is 4.98 Å². The molecular weight excluding hydrogens is 206 g/mol. The van der Waals surface area contributed by atoms with Crippen LogP contribution in [0.15, 0.2) is 18.2 Å². The van der Waals surface area contributed by atoms with Crippen molar-refractivity contribution in [2.24, 2.45) is 0 Å². The van der Waals surface area contributed by atoms with Crippen molar-refractivity contribution in [2.75, 3.05) is 17.7 Å². The molecule has 2 aromatic rings. The van der Waals surface area contributed by atoms with Crippen molar-refractivity contribution < 1.29 is 0 Å². The van der Waals surface area contributed by atoms with E-state index in [1.54, 1.807) is 0 Å². The van der Waals surface area contributed by atoms with E-state index in [9.17, 15) is 0 Å². The first-order valence-corrected chi connectivity index (χ1v) is 6.35. The number of hydrogen-bond acceptors (Lipinski definition) is 3. The van der Waals surface area contributed by atoms with Crippen LogP contribution in [0.4, 0.5) is 5.82 Å². The summed E-state index contributed by atoms with van der Waals surface area (Å²) >= 11 is 1.81. The summed E-state index contributed by atoms with van der Waals surface area (Å²) in [6.45, 7) is 2.05. The highest BCUT2D eigenvalue weighted by molar-refractivity contribution is 7.98. The van der Waals surface area contributed by atoms with Crippen LogP contribution in [0.2, 0.25) is 0 Å². The summed E-state index contributed by atoms with van der Waals surface area (Å²) < 4.78 is 2.01. The lowest BCUT2D eigenvalue weighted by Crippen LogP contribution is -1.99. The van der Waals surface area contributed by atoms with E-state index in [1.807, 2.05) is 41.3 Å². The van der Waals surface area contributed by atoms with E-state index < -0.39 is 0 Å². The zero-order valence-corrected chi connectivity index (χ0v) is 9.84. The van der Waals surface area contributed by atoms with Crippen molar-refractivity contribution in [3.8, 4) is 0 Å². The van der Waals surface area contributed by atoms with Crippen LogP contribution >= 0.6 is 11.8 Å². The molecule has 0 aliphatic carbocycles. The second kappa shape index (κ2) is 4.14. The zero-order chi connectivity index (χ0) is 10.8. The van der Waals surface area contributed by atoms with Crippen LogP contribution in [-0.4, -0.2) is 21.4 Å². The topological polar surface area (TPSA) is 43.3 Å². The smallest absolute Gasteiger partial charge is 0.138 e. The second-order valence-corrected chi connectivity index (χ2v) is 4.53. The Hall–Kier alpha value is -1.16. The molecule has 0 aliphatic heterocycles. The Bertz CT molecular complexity index is 476. The number of fused-ring (bicyclic) bond motifs is 1. The van der Waals surface area contributed by atoms with Crippen LogP contribution in [0.1, 0.15) is 11.4 Å². The Kier molecular flexibility index (Phi) is 2.86. The number of aromatic nitrogens is 2. The Morgan fingerprint density at radius 1 is 1.47 bits per heavy atom. The molecule has 2 heterocycles. The number of anilines is 1. The first kappa shape index (κ1) is 10.4. The third-order valence-electron chi connectivity index (χ3n) is 2.49. The molecule has 0 saturated heterocycles. The van der Waals surface area contributed by atoms with Crippen molar-refractivity contribution in [1.29, 1.82) is 0 Å². The highest BCUT2D eigenvalue weighted by Crippen LogP contribution is 2.18. The standard InChI is InChI=1S/C11H15N3S/c1-8-4-3-5-10-13-9(6-7-15-2)11(12)14(8)10/h3-5H,6-7,12H2,1-2H3. The molecule has 2 aromatic heterocycles. The molecule has 2 rings (SSSR count). The average Bonchev–Trinajstić information content (AvgIpc) is 2.54. The Balaban J connectivity index is 2.50. The molecule has 0 aromatic carbocycles. The molecule has 0 saturated carbocycles. The monoisotopic (exact) mass is 221 g/mol. The lowest BCUT2D eigenvalue weighted by Gasteiger charge is -2.01. The van der Waals surface area contributed by atoms with Crippen molar-refractivity contribution in [1.82, 2.24) is 9.38 Å². The van der Waals surface area contributed by atoms with Gasteiger partial charge in [-0.3, -0.25) is 4.40 Å². The van der Waals surface area contributed by atoms with Crippen molar-refractivity contribution >= 4 is 23.2 Å². The molecule has 3 nitrogen and oxygen atoms in total. The number of nitrogens with zero attached hydrogens (tertiary/aromatic N) is 2. The van der Waals surface area contributed by atoms with Crippen molar-refractivity contribution in [3.05, 3.63) is 29.6 Å². The number of pyridine rings is 1. The largest absolute Gasteiger partial charge is 0.383 e. The first-order valence-electron chi connectivity index (χ1n) is 4.95. The first-order chi connectivity index (χ1) is 7.24. The molecule has 0 radical (unpaired) electrons. The molecule has 0 spiro atoms. The fraction of sp³-hybridized carbons (Fsp3) is 0.364. The maximum absolute atomic E-state index is 6.07. The third-order valence-corrected chi connectivity index (χ3v) is 3.11. The number of aryl methyl sites for hydroxylation is 2. The van der Waals surface area contributed by atoms with Crippen molar-refractivity contribution in [2.45, 2.75) is 13.3 Å². The van der Waals surface area contributed by atoms with Crippen LogP contribution in [0.3, 0.4) is 0 Å². The minimum Gasteiger partial charge on any atom is -0.383 e. The molecule has 0 bridgehead atoms. The summed E-state index contributed by atoms with van der Waals surface area (Å²) in [4.78, 5) is 4.54.